The van der Waals surface area contributed by atoms with Crippen molar-refractivity contribution in [2.45, 2.75) is 31.8 Å². The number of likely N-dealkylation sites (tertiary alicyclic amines) is 1. The molecule has 1 aliphatic heterocycles. The number of aromatic nitrogens is 1. The first-order chi connectivity index (χ1) is 12.9. The van der Waals surface area contributed by atoms with E-state index in [9.17, 15) is 18.7 Å². The second-order valence-electron chi connectivity index (χ2n) is 7.02. The number of carbonyl (C=O) groups excluding carboxylic acids is 1. The number of aliphatic hydroxyl groups is 1. The summed E-state index contributed by atoms with van der Waals surface area (Å²) in [6.07, 6.45) is 2.97. The van der Waals surface area contributed by atoms with Gasteiger partial charge in [0.1, 0.15) is 17.2 Å². The summed E-state index contributed by atoms with van der Waals surface area (Å²) >= 11 is 0. The van der Waals surface area contributed by atoms with E-state index in [1.54, 1.807) is 6.20 Å². The molecule has 0 unspecified atom stereocenters. The maximum atomic E-state index is 13.6. The normalized spacial score (nSPS) is 16.9. The molecule has 0 radical (unpaired) electrons. The summed E-state index contributed by atoms with van der Waals surface area (Å²) in [5.74, 6) is -1.65. The average molecular weight is 375 g/mol. The number of hydrogen-bond donors (Lipinski definition) is 2. The predicted molar refractivity (Wildman–Crippen MR) is 98.1 cm³/mol. The minimum atomic E-state index is -0.947. The van der Waals surface area contributed by atoms with Crippen LogP contribution in [-0.4, -0.2) is 40.5 Å². The first kappa shape index (κ1) is 19.4. The van der Waals surface area contributed by atoms with Gasteiger partial charge >= 0.3 is 0 Å². The van der Waals surface area contributed by atoms with Crippen molar-refractivity contribution in [3.8, 4) is 0 Å². The third kappa shape index (κ3) is 4.87. The Kier molecular flexibility index (Phi) is 5.82. The van der Waals surface area contributed by atoms with E-state index in [1.807, 2.05) is 19.1 Å². The number of halogens is 2. The molecule has 0 atom stereocenters. The van der Waals surface area contributed by atoms with Gasteiger partial charge in [-0.15, -0.1) is 0 Å². The summed E-state index contributed by atoms with van der Waals surface area (Å²) in [5, 5.41) is 13.2. The maximum Gasteiger partial charge on any atom is 0.225 e. The Morgan fingerprint density at radius 2 is 2.00 bits per heavy atom. The van der Waals surface area contributed by atoms with Crippen LogP contribution in [0.4, 0.5) is 14.5 Å². The lowest BCUT2D eigenvalue weighted by Gasteiger charge is -2.37. The van der Waals surface area contributed by atoms with Gasteiger partial charge in [0.25, 0.3) is 0 Å². The van der Waals surface area contributed by atoms with E-state index in [1.165, 1.54) is 0 Å². The van der Waals surface area contributed by atoms with E-state index in [0.29, 0.717) is 38.2 Å². The Morgan fingerprint density at radius 1 is 1.26 bits per heavy atom. The monoisotopic (exact) mass is 375 g/mol. The van der Waals surface area contributed by atoms with Crippen molar-refractivity contribution >= 4 is 11.6 Å². The lowest BCUT2D eigenvalue weighted by atomic mass is 9.87. The van der Waals surface area contributed by atoms with Crippen LogP contribution in [0.3, 0.4) is 0 Å². The molecule has 0 aliphatic carbocycles. The van der Waals surface area contributed by atoms with Crippen molar-refractivity contribution in [3.05, 3.63) is 59.4 Å². The van der Waals surface area contributed by atoms with Crippen LogP contribution >= 0.6 is 0 Å². The molecule has 0 bridgehead atoms. The number of amides is 1. The highest BCUT2D eigenvalue weighted by molar-refractivity contribution is 5.90. The van der Waals surface area contributed by atoms with Crippen molar-refractivity contribution < 1.29 is 18.7 Å². The highest BCUT2D eigenvalue weighted by atomic mass is 19.1. The molecule has 0 spiro atoms. The largest absolute Gasteiger partial charge is 0.383 e. The molecule has 144 valence electrons. The summed E-state index contributed by atoms with van der Waals surface area (Å²) in [7, 11) is 0. The zero-order chi connectivity index (χ0) is 19.4. The topological polar surface area (TPSA) is 65.5 Å². The molecule has 3 rings (SSSR count). The molecule has 2 N–H and O–H groups in total. The van der Waals surface area contributed by atoms with E-state index < -0.39 is 17.2 Å². The van der Waals surface area contributed by atoms with Gasteiger partial charge in [0.05, 0.1) is 11.4 Å². The lowest BCUT2D eigenvalue weighted by molar-refractivity contribution is -0.116. The molecule has 0 saturated carbocycles. The summed E-state index contributed by atoms with van der Waals surface area (Å²) < 4.78 is 26.7. The number of pyridine rings is 1. The highest BCUT2D eigenvalue weighted by Gasteiger charge is 2.35. The average Bonchev–Trinajstić information content (AvgIpc) is 2.65. The molecule has 7 heteroatoms. The molecule has 1 aliphatic rings. The van der Waals surface area contributed by atoms with E-state index in [0.717, 1.165) is 23.8 Å². The smallest absolute Gasteiger partial charge is 0.225 e. The van der Waals surface area contributed by atoms with Crippen LogP contribution < -0.4 is 5.32 Å². The van der Waals surface area contributed by atoms with Gasteiger partial charge in [-0.3, -0.25) is 9.78 Å². The SMILES string of the molecule is Cc1ccc(C2(O)CCN(CCC(=O)Nc3cc(F)ccc3F)CC2)nc1. The number of piperidine rings is 1. The number of rotatable bonds is 5. The minimum Gasteiger partial charge on any atom is -0.383 e. The summed E-state index contributed by atoms with van der Waals surface area (Å²) in [5.41, 5.74) is 0.614. The van der Waals surface area contributed by atoms with Crippen molar-refractivity contribution in [1.29, 1.82) is 0 Å². The quantitative estimate of drug-likeness (QED) is 0.843. The van der Waals surface area contributed by atoms with Crippen LogP contribution in [0.1, 0.15) is 30.5 Å². The van der Waals surface area contributed by atoms with E-state index in [2.05, 4.69) is 15.2 Å². The fourth-order valence-electron chi connectivity index (χ4n) is 3.21. The number of benzene rings is 1. The van der Waals surface area contributed by atoms with Gasteiger partial charge in [0.2, 0.25) is 5.91 Å². The predicted octanol–water partition coefficient (Wildman–Crippen LogP) is 2.98. The van der Waals surface area contributed by atoms with Crippen molar-refractivity contribution in [3.63, 3.8) is 0 Å². The second kappa shape index (κ2) is 8.10. The maximum absolute atomic E-state index is 13.6. The Balaban J connectivity index is 1.48. The van der Waals surface area contributed by atoms with Gasteiger partial charge in [-0.1, -0.05) is 6.07 Å². The summed E-state index contributed by atoms with van der Waals surface area (Å²) in [6, 6.07) is 6.73. The number of carbonyl (C=O) groups is 1. The van der Waals surface area contributed by atoms with Crippen LogP contribution in [-0.2, 0) is 10.4 Å². The molecule has 5 nitrogen and oxygen atoms in total. The first-order valence-electron chi connectivity index (χ1n) is 8.98. The minimum absolute atomic E-state index is 0.154. The Morgan fingerprint density at radius 3 is 2.67 bits per heavy atom. The van der Waals surface area contributed by atoms with Gasteiger partial charge in [0, 0.05) is 38.3 Å². The summed E-state index contributed by atoms with van der Waals surface area (Å²) in [6.45, 7) is 3.70. The molecular weight excluding hydrogens is 352 g/mol. The van der Waals surface area contributed by atoms with Crippen LogP contribution in [0, 0.1) is 18.6 Å². The zero-order valence-corrected chi connectivity index (χ0v) is 15.2. The lowest BCUT2D eigenvalue weighted by Crippen LogP contribution is -2.43. The molecule has 1 aromatic carbocycles. The van der Waals surface area contributed by atoms with Crippen LogP contribution in [0.2, 0.25) is 0 Å². The zero-order valence-electron chi connectivity index (χ0n) is 15.2. The van der Waals surface area contributed by atoms with Gasteiger partial charge in [-0.05, 0) is 43.5 Å². The van der Waals surface area contributed by atoms with Crippen molar-refractivity contribution in [2.75, 3.05) is 25.0 Å². The fourth-order valence-corrected chi connectivity index (χ4v) is 3.21. The fraction of sp³-hybridized carbons (Fsp3) is 0.400. The van der Waals surface area contributed by atoms with E-state index in [4.69, 9.17) is 0 Å². The van der Waals surface area contributed by atoms with Crippen molar-refractivity contribution in [2.24, 2.45) is 0 Å². The molecule has 2 aromatic rings. The summed E-state index contributed by atoms with van der Waals surface area (Å²) in [4.78, 5) is 18.4. The number of aryl methyl sites for hydroxylation is 1. The van der Waals surface area contributed by atoms with E-state index in [-0.39, 0.29) is 18.0 Å². The number of nitrogens with one attached hydrogen (secondary N) is 1. The van der Waals surface area contributed by atoms with Gasteiger partial charge < -0.3 is 15.3 Å². The Hall–Kier alpha value is -2.38. The Bertz CT molecular complexity index is 803. The highest BCUT2D eigenvalue weighted by Crippen LogP contribution is 2.31. The number of anilines is 1. The van der Waals surface area contributed by atoms with Crippen LogP contribution in [0.25, 0.3) is 0 Å². The van der Waals surface area contributed by atoms with Gasteiger partial charge in [0.15, 0.2) is 0 Å². The third-order valence-electron chi connectivity index (χ3n) is 4.93. The van der Waals surface area contributed by atoms with Crippen molar-refractivity contribution in [1.82, 2.24) is 9.88 Å². The first-order valence-corrected chi connectivity index (χ1v) is 8.98. The standard InChI is InChI=1S/C20H23F2N3O2/c1-14-2-5-18(23-13-14)20(27)7-10-25(11-8-20)9-6-19(26)24-17-12-15(21)3-4-16(17)22/h2-5,12-13,27H,6-11H2,1H3,(H,24,26). The van der Waals surface area contributed by atoms with Crippen LogP contribution in [0.5, 0.6) is 0 Å². The van der Waals surface area contributed by atoms with E-state index >= 15 is 0 Å². The molecule has 1 fully saturated rings. The molecule has 27 heavy (non-hydrogen) atoms. The molecular formula is C20H23F2N3O2. The number of nitrogens with zero attached hydrogens (tertiary/aromatic N) is 2. The van der Waals surface area contributed by atoms with Gasteiger partial charge in [-0.2, -0.15) is 0 Å². The molecule has 1 aromatic heterocycles. The second-order valence-corrected chi connectivity index (χ2v) is 7.02. The number of hydrogen-bond acceptors (Lipinski definition) is 4. The third-order valence-corrected chi connectivity index (χ3v) is 4.93. The molecule has 1 amide bonds. The Labute approximate surface area is 157 Å². The molecule has 1 saturated heterocycles. The van der Waals surface area contributed by atoms with Gasteiger partial charge in [-0.25, -0.2) is 8.78 Å². The molecule has 2 heterocycles. The van der Waals surface area contributed by atoms with Crippen LogP contribution in [0.15, 0.2) is 36.5 Å².